The van der Waals surface area contributed by atoms with E-state index in [1.54, 1.807) is 0 Å². The average molecular weight is 300 g/mol. The zero-order valence-electron chi connectivity index (χ0n) is 13.1. The molecule has 1 aliphatic carbocycles. The van der Waals surface area contributed by atoms with E-state index in [-0.39, 0.29) is 0 Å². The van der Waals surface area contributed by atoms with Crippen molar-refractivity contribution in [2.24, 2.45) is 5.92 Å². The smallest absolute Gasteiger partial charge is 0.223 e. The van der Waals surface area contributed by atoms with Crippen LogP contribution in [0.2, 0.25) is 0 Å². The number of hydrogen-bond acceptors (Lipinski definition) is 3. The molecular weight excluding hydrogens is 276 g/mol. The third-order valence-electron chi connectivity index (χ3n) is 5.33. The number of likely N-dealkylation sites (tertiary alicyclic amines) is 1. The van der Waals surface area contributed by atoms with Gasteiger partial charge in [-0.25, -0.2) is 0 Å². The Morgan fingerprint density at radius 2 is 2.18 bits per heavy atom. The molecule has 22 heavy (non-hydrogen) atoms. The number of amides is 1. The number of allylic oxidation sites excluding steroid dienone is 2. The number of carbonyl (C=O) groups is 1. The van der Waals surface area contributed by atoms with Gasteiger partial charge in [-0.2, -0.15) is 0 Å². The molecule has 1 amide bonds. The summed E-state index contributed by atoms with van der Waals surface area (Å²) in [6.45, 7) is 2.79. The Bertz CT molecular complexity index is 591. The lowest BCUT2D eigenvalue weighted by Crippen LogP contribution is -2.40. The lowest BCUT2D eigenvalue weighted by atomic mass is 9.95. The Morgan fingerprint density at radius 1 is 1.23 bits per heavy atom. The van der Waals surface area contributed by atoms with Crippen LogP contribution in [-0.4, -0.2) is 38.7 Å². The molecule has 1 fully saturated rings. The quantitative estimate of drug-likeness (QED) is 0.805. The van der Waals surface area contributed by atoms with Gasteiger partial charge in [0.15, 0.2) is 0 Å². The molecule has 0 unspecified atom stereocenters. The van der Waals surface area contributed by atoms with E-state index in [1.807, 2.05) is 0 Å². The van der Waals surface area contributed by atoms with Crippen LogP contribution in [0.5, 0.6) is 0 Å². The summed E-state index contributed by atoms with van der Waals surface area (Å²) >= 11 is 0. The first kappa shape index (κ1) is 14.0. The molecule has 0 radical (unpaired) electrons. The van der Waals surface area contributed by atoms with Crippen LogP contribution in [0.3, 0.4) is 0 Å². The maximum Gasteiger partial charge on any atom is 0.223 e. The second-order valence-electron chi connectivity index (χ2n) is 6.88. The summed E-state index contributed by atoms with van der Waals surface area (Å²) < 4.78 is 2.29. The molecule has 3 aliphatic rings. The summed E-state index contributed by atoms with van der Waals surface area (Å²) in [6.07, 6.45) is 11.8. The molecular formula is C17H24N4O. The van der Waals surface area contributed by atoms with Gasteiger partial charge in [-0.05, 0) is 38.0 Å². The molecule has 0 bridgehead atoms. The minimum absolute atomic E-state index is 0.322. The molecule has 5 heteroatoms. The number of piperidine rings is 1. The predicted molar refractivity (Wildman–Crippen MR) is 83.4 cm³/mol. The number of carbonyl (C=O) groups excluding carboxylic acids is 1. The van der Waals surface area contributed by atoms with Crippen molar-refractivity contribution in [1.29, 1.82) is 0 Å². The second-order valence-corrected chi connectivity index (χ2v) is 6.88. The Hall–Kier alpha value is -1.65. The number of hydrogen-bond donors (Lipinski definition) is 0. The first-order valence-electron chi connectivity index (χ1n) is 8.67. The lowest BCUT2D eigenvalue weighted by molar-refractivity contribution is -0.133. The molecule has 2 aliphatic heterocycles. The molecule has 0 spiro atoms. The van der Waals surface area contributed by atoms with E-state index in [4.69, 9.17) is 0 Å². The molecule has 0 N–H and O–H groups in total. The second kappa shape index (κ2) is 5.86. The fraction of sp³-hybridized carbons (Fsp3) is 0.706. The summed E-state index contributed by atoms with van der Waals surface area (Å²) in [5, 5.41) is 8.75. The van der Waals surface area contributed by atoms with Gasteiger partial charge < -0.3 is 9.47 Å². The summed E-state index contributed by atoms with van der Waals surface area (Å²) in [6, 6.07) is 0. The Kier molecular flexibility index (Phi) is 3.72. The maximum absolute atomic E-state index is 12.6. The van der Waals surface area contributed by atoms with E-state index in [2.05, 4.69) is 31.8 Å². The molecule has 2 atom stereocenters. The number of fused-ring (bicyclic) bond motifs is 1. The molecule has 0 aromatic carbocycles. The summed E-state index contributed by atoms with van der Waals surface area (Å²) in [5.74, 6) is 3.41. The van der Waals surface area contributed by atoms with Gasteiger partial charge in [-0.15, -0.1) is 10.2 Å². The lowest BCUT2D eigenvalue weighted by Gasteiger charge is -2.33. The van der Waals surface area contributed by atoms with Gasteiger partial charge in [-0.3, -0.25) is 4.79 Å². The highest BCUT2D eigenvalue weighted by molar-refractivity contribution is 5.77. The van der Waals surface area contributed by atoms with E-state index < -0.39 is 0 Å². The van der Waals surface area contributed by atoms with Crippen molar-refractivity contribution in [3.05, 3.63) is 23.8 Å². The van der Waals surface area contributed by atoms with Crippen molar-refractivity contribution in [1.82, 2.24) is 19.7 Å². The Morgan fingerprint density at radius 3 is 3.05 bits per heavy atom. The van der Waals surface area contributed by atoms with Gasteiger partial charge in [0.25, 0.3) is 0 Å². The molecule has 5 nitrogen and oxygen atoms in total. The van der Waals surface area contributed by atoms with Gasteiger partial charge in [0.1, 0.15) is 11.6 Å². The number of rotatable bonds is 3. The van der Waals surface area contributed by atoms with Crippen molar-refractivity contribution >= 4 is 5.91 Å². The van der Waals surface area contributed by atoms with Crippen LogP contribution in [0, 0.1) is 5.92 Å². The van der Waals surface area contributed by atoms with Crippen molar-refractivity contribution in [3.8, 4) is 0 Å². The van der Waals surface area contributed by atoms with E-state index in [9.17, 15) is 4.79 Å². The largest absolute Gasteiger partial charge is 0.342 e. The van der Waals surface area contributed by atoms with E-state index in [0.717, 1.165) is 63.4 Å². The Balaban J connectivity index is 1.43. The molecule has 3 heterocycles. The van der Waals surface area contributed by atoms with Crippen LogP contribution in [0.4, 0.5) is 0 Å². The third kappa shape index (κ3) is 2.57. The van der Waals surface area contributed by atoms with Crippen molar-refractivity contribution in [3.63, 3.8) is 0 Å². The molecule has 118 valence electrons. The van der Waals surface area contributed by atoms with Crippen molar-refractivity contribution in [2.45, 2.75) is 57.4 Å². The molecule has 0 saturated carbocycles. The predicted octanol–water partition coefficient (Wildman–Crippen LogP) is 2.29. The highest BCUT2D eigenvalue weighted by Gasteiger charge is 2.30. The zero-order valence-corrected chi connectivity index (χ0v) is 13.1. The topological polar surface area (TPSA) is 51.0 Å². The first-order valence-corrected chi connectivity index (χ1v) is 8.67. The molecule has 1 aromatic rings. The van der Waals surface area contributed by atoms with Crippen molar-refractivity contribution < 1.29 is 4.79 Å². The fourth-order valence-electron chi connectivity index (χ4n) is 4.11. The summed E-state index contributed by atoms with van der Waals surface area (Å²) in [4.78, 5) is 14.6. The summed E-state index contributed by atoms with van der Waals surface area (Å²) in [5.41, 5.74) is 0. The zero-order chi connectivity index (χ0) is 14.9. The summed E-state index contributed by atoms with van der Waals surface area (Å²) in [7, 11) is 0. The van der Waals surface area contributed by atoms with E-state index in [1.165, 1.54) is 6.42 Å². The van der Waals surface area contributed by atoms with Crippen LogP contribution in [0.25, 0.3) is 0 Å². The third-order valence-corrected chi connectivity index (χ3v) is 5.33. The first-order chi connectivity index (χ1) is 10.8. The van der Waals surface area contributed by atoms with Crippen LogP contribution in [-0.2, 0) is 17.8 Å². The van der Waals surface area contributed by atoms with Crippen LogP contribution < -0.4 is 0 Å². The molecule has 1 saturated heterocycles. The van der Waals surface area contributed by atoms with Gasteiger partial charge >= 0.3 is 0 Å². The van der Waals surface area contributed by atoms with Crippen LogP contribution in [0.1, 0.15) is 56.1 Å². The Labute approximate surface area is 131 Å². The van der Waals surface area contributed by atoms with E-state index in [0.29, 0.717) is 24.2 Å². The SMILES string of the molecule is O=C(C[C@H]1C=CCC1)N1CCC[C@H](c2nnc3n2CCC3)C1. The highest BCUT2D eigenvalue weighted by Crippen LogP contribution is 2.29. The maximum atomic E-state index is 12.6. The van der Waals surface area contributed by atoms with E-state index >= 15 is 0 Å². The van der Waals surface area contributed by atoms with Crippen molar-refractivity contribution in [2.75, 3.05) is 13.1 Å². The molecule has 1 aromatic heterocycles. The van der Waals surface area contributed by atoms with Gasteiger partial charge in [0.2, 0.25) is 5.91 Å². The number of nitrogens with zero attached hydrogens (tertiary/aromatic N) is 4. The number of aromatic nitrogens is 3. The molecule has 4 rings (SSSR count). The van der Waals surface area contributed by atoms with Crippen LogP contribution >= 0.6 is 0 Å². The standard InChI is InChI=1S/C17H24N4O/c22-16(11-13-5-1-2-6-13)20-9-3-7-14(12-20)17-19-18-15-8-4-10-21(15)17/h1,5,13-14H,2-4,6-12H2/t13-,14-/m0/s1. The average Bonchev–Trinajstić information content (AvgIpc) is 3.25. The van der Waals surface area contributed by atoms with Gasteiger partial charge in [-0.1, -0.05) is 12.2 Å². The minimum Gasteiger partial charge on any atom is -0.342 e. The fourth-order valence-corrected chi connectivity index (χ4v) is 4.11. The van der Waals surface area contributed by atoms with Gasteiger partial charge in [0.05, 0.1) is 0 Å². The number of aryl methyl sites for hydroxylation is 1. The highest BCUT2D eigenvalue weighted by atomic mass is 16.2. The van der Waals surface area contributed by atoms with Gasteiger partial charge in [0, 0.05) is 38.4 Å². The minimum atomic E-state index is 0.322. The normalized spacial score (nSPS) is 27.4. The monoisotopic (exact) mass is 300 g/mol. The van der Waals surface area contributed by atoms with Crippen LogP contribution in [0.15, 0.2) is 12.2 Å².